The first kappa shape index (κ1) is 15.5. The molecule has 1 heterocycles. The van der Waals surface area contributed by atoms with Gasteiger partial charge in [0.05, 0.1) is 25.0 Å². The second-order valence-electron chi connectivity index (χ2n) is 4.88. The van der Waals surface area contributed by atoms with Gasteiger partial charge in [0.1, 0.15) is 5.82 Å². The number of aliphatic hydroxyl groups excluding tert-OH is 1. The average Bonchev–Trinajstić information content (AvgIpc) is 2.74. The minimum absolute atomic E-state index is 0.296. The molecule has 0 saturated carbocycles. The van der Waals surface area contributed by atoms with E-state index >= 15 is 0 Å². The Labute approximate surface area is 123 Å². The van der Waals surface area contributed by atoms with Crippen LogP contribution >= 0.6 is 0 Å². The topological polar surface area (TPSA) is 59.3 Å². The molecule has 0 spiro atoms. The molecule has 0 bridgehead atoms. The van der Waals surface area contributed by atoms with Crippen LogP contribution in [0.4, 0.5) is 4.39 Å². The highest BCUT2D eigenvalue weighted by Crippen LogP contribution is 2.20. The Hall–Kier alpha value is -1.92. The number of halogens is 1. The van der Waals surface area contributed by atoms with Crippen molar-refractivity contribution in [2.24, 2.45) is 7.05 Å². The first-order chi connectivity index (χ1) is 10.1. The Morgan fingerprint density at radius 2 is 2.14 bits per heavy atom. The van der Waals surface area contributed by atoms with Gasteiger partial charge < -0.3 is 15.2 Å². The molecule has 5 nitrogen and oxygen atoms in total. The van der Waals surface area contributed by atoms with Crippen molar-refractivity contribution in [1.82, 2.24) is 15.1 Å². The molecule has 114 valence electrons. The maximum Gasteiger partial charge on any atom is 0.216 e. The van der Waals surface area contributed by atoms with Crippen molar-refractivity contribution in [1.29, 1.82) is 0 Å². The number of hydrogen-bond acceptors (Lipinski definition) is 4. The van der Waals surface area contributed by atoms with Gasteiger partial charge in [-0.1, -0.05) is 6.07 Å². The van der Waals surface area contributed by atoms with Crippen LogP contribution in [-0.2, 0) is 26.7 Å². The van der Waals surface area contributed by atoms with Gasteiger partial charge >= 0.3 is 0 Å². The third-order valence-corrected chi connectivity index (χ3v) is 3.39. The molecule has 0 unspecified atom stereocenters. The lowest BCUT2D eigenvalue weighted by molar-refractivity contribution is 0.275. The number of aromatic nitrogens is 2. The van der Waals surface area contributed by atoms with Gasteiger partial charge in [-0.05, 0) is 24.6 Å². The van der Waals surface area contributed by atoms with Gasteiger partial charge in [0, 0.05) is 25.7 Å². The van der Waals surface area contributed by atoms with Crippen LogP contribution in [0.15, 0.2) is 18.2 Å². The highest BCUT2D eigenvalue weighted by molar-refractivity contribution is 5.31. The Morgan fingerprint density at radius 3 is 2.81 bits per heavy atom. The van der Waals surface area contributed by atoms with Crippen LogP contribution in [0.3, 0.4) is 0 Å². The zero-order valence-corrected chi connectivity index (χ0v) is 12.5. The number of nitrogens with one attached hydrogen (secondary N) is 1. The molecule has 0 amide bonds. The Kier molecular flexibility index (Phi) is 4.93. The van der Waals surface area contributed by atoms with Gasteiger partial charge in [-0.3, -0.25) is 0 Å². The van der Waals surface area contributed by atoms with Gasteiger partial charge in [-0.15, -0.1) is 0 Å². The van der Waals surface area contributed by atoms with E-state index in [-0.39, 0.29) is 12.4 Å². The summed E-state index contributed by atoms with van der Waals surface area (Å²) in [5.74, 6) is 0.348. The zero-order valence-electron chi connectivity index (χ0n) is 12.5. The van der Waals surface area contributed by atoms with Crippen molar-refractivity contribution >= 4 is 0 Å². The third-order valence-electron chi connectivity index (χ3n) is 3.39. The number of benzene rings is 1. The van der Waals surface area contributed by atoms with E-state index in [0.29, 0.717) is 18.7 Å². The predicted octanol–water partition coefficient (Wildman–Crippen LogP) is 1.66. The van der Waals surface area contributed by atoms with Crippen LogP contribution < -0.4 is 10.1 Å². The quantitative estimate of drug-likeness (QED) is 0.850. The first-order valence-electron chi connectivity index (χ1n) is 6.72. The summed E-state index contributed by atoms with van der Waals surface area (Å²) in [7, 11) is 3.45. The second kappa shape index (κ2) is 6.69. The van der Waals surface area contributed by atoms with Crippen molar-refractivity contribution in [3.05, 3.63) is 46.4 Å². The maximum absolute atomic E-state index is 13.3. The molecule has 6 heteroatoms. The number of methoxy groups -OCH3 is 1. The number of hydrogen-bond donors (Lipinski definition) is 2. The van der Waals surface area contributed by atoms with Crippen molar-refractivity contribution < 1.29 is 14.2 Å². The summed E-state index contributed by atoms with van der Waals surface area (Å²) in [6, 6.07) is 4.74. The number of ether oxygens (including phenoxy) is 1. The standard InChI is InChI=1S/C15H20FN3O2/c1-10-13(15(21-3)19(2)18-10)8-17-7-11-4-5-14(16)12(6-11)9-20/h4-6,17,20H,7-9H2,1-3H3. The van der Waals surface area contributed by atoms with Crippen LogP contribution in [0.1, 0.15) is 22.4 Å². The molecule has 21 heavy (non-hydrogen) atoms. The smallest absolute Gasteiger partial charge is 0.216 e. The zero-order chi connectivity index (χ0) is 15.4. The molecule has 0 saturated heterocycles. The van der Waals surface area contributed by atoms with Crippen molar-refractivity contribution in [2.45, 2.75) is 26.6 Å². The summed E-state index contributed by atoms with van der Waals surface area (Å²) in [6.07, 6.45) is 0. The highest BCUT2D eigenvalue weighted by atomic mass is 19.1. The van der Waals surface area contributed by atoms with Gasteiger partial charge in [0.15, 0.2) is 0 Å². The van der Waals surface area contributed by atoms with Crippen molar-refractivity contribution in [3.8, 4) is 5.88 Å². The largest absolute Gasteiger partial charge is 0.481 e. The minimum atomic E-state index is -0.383. The minimum Gasteiger partial charge on any atom is -0.481 e. The molecule has 2 aromatic rings. The molecule has 0 radical (unpaired) electrons. The van der Waals surface area contributed by atoms with Crippen LogP contribution in [0.5, 0.6) is 5.88 Å². The monoisotopic (exact) mass is 293 g/mol. The first-order valence-corrected chi connectivity index (χ1v) is 6.72. The fraction of sp³-hybridized carbons (Fsp3) is 0.400. The molecule has 0 fully saturated rings. The van der Waals surface area contributed by atoms with E-state index in [4.69, 9.17) is 9.84 Å². The second-order valence-corrected chi connectivity index (χ2v) is 4.88. The number of rotatable bonds is 6. The lowest BCUT2D eigenvalue weighted by Crippen LogP contribution is -2.14. The SMILES string of the molecule is COc1c(CNCc2ccc(F)c(CO)c2)c(C)nn1C. The number of aliphatic hydroxyl groups is 1. The van der Waals surface area contributed by atoms with Crippen LogP contribution in [-0.4, -0.2) is 22.0 Å². The fourth-order valence-electron chi connectivity index (χ4n) is 2.33. The van der Waals surface area contributed by atoms with E-state index in [1.807, 2.05) is 14.0 Å². The third kappa shape index (κ3) is 3.40. The van der Waals surface area contributed by atoms with Crippen LogP contribution in [0.25, 0.3) is 0 Å². The summed E-state index contributed by atoms with van der Waals surface area (Å²) >= 11 is 0. The van der Waals surface area contributed by atoms with Crippen molar-refractivity contribution in [2.75, 3.05) is 7.11 Å². The molecule has 1 aromatic carbocycles. The van der Waals surface area contributed by atoms with Crippen LogP contribution in [0.2, 0.25) is 0 Å². The Balaban J connectivity index is 2.02. The molecular weight excluding hydrogens is 273 g/mol. The van der Waals surface area contributed by atoms with Crippen LogP contribution in [0, 0.1) is 12.7 Å². The van der Waals surface area contributed by atoms with Gasteiger partial charge in [-0.25, -0.2) is 9.07 Å². The molecule has 2 N–H and O–H groups in total. The van der Waals surface area contributed by atoms with Gasteiger partial charge in [0.25, 0.3) is 0 Å². The van der Waals surface area contributed by atoms with E-state index < -0.39 is 0 Å². The van der Waals surface area contributed by atoms with Gasteiger partial charge in [-0.2, -0.15) is 5.10 Å². The number of aryl methyl sites for hydroxylation is 2. The van der Waals surface area contributed by atoms with E-state index in [9.17, 15) is 4.39 Å². The summed E-state index contributed by atoms with van der Waals surface area (Å²) in [5.41, 5.74) is 3.15. The van der Waals surface area contributed by atoms with E-state index in [2.05, 4.69) is 10.4 Å². The van der Waals surface area contributed by atoms with E-state index in [1.54, 1.807) is 23.9 Å². The predicted molar refractivity (Wildman–Crippen MR) is 77.4 cm³/mol. The lowest BCUT2D eigenvalue weighted by Gasteiger charge is -2.08. The highest BCUT2D eigenvalue weighted by Gasteiger charge is 2.13. The summed E-state index contributed by atoms with van der Waals surface area (Å²) in [5, 5.41) is 16.7. The number of nitrogens with zero attached hydrogens (tertiary/aromatic N) is 2. The molecule has 0 aliphatic rings. The summed E-state index contributed by atoms with van der Waals surface area (Å²) in [6.45, 7) is 2.82. The lowest BCUT2D eigenvalue weighted by atomic mass is 10.1. The van der Waals surface area contributed by atoms with Crippen molar-refractivity contribution in [3.63, 3.8) is 0 Å². The van der Waals surface area contributed by atoms with E-state index in [1.165, 1.54) is 6.07 Å². The average molecular weight is 293 g/mol. The van der Waals surface area contributed by atoms with Gasteiger partial charge in [0.2, 0.25) is 5.88 Å². The molecule has 0 aliphatic heterocycles. The normalized spacial score (nSPS) is 10.9. The summed E-state index contributed by atoms with van der Waals surface area (Å²) < 4.78 is 20.3. The Morgan fingerprint density at radius 1 is 1.38 bits per heavy atom. The molecule has 0 atom stereocenters. The van der Waals surface area contributed by atoms with E-state index in [0.717, 1.165) is 22.7 Å². The Bertz CT molecular complexity index is 626. The molecule has 2 rings (SSSR count). The molecule has 1 aromatic heterocycles. The molecular formula is C15H20FN3O2. The fourth-order valence-corrected chi connectivity index (χ4v) is 2.33. The molecule has 0 aliphatic carbocycles. The summed E-state index contributed by atoms with van der Waals surface area (Å²) in [4.78, 5) is 0. The maximum atomic E-state index is 13.3.